The lowest BCUT2D eigenvalue weighted by molar-refractivity contribution is -0.0382. The van der Waals surface area contributed by atoms with Crippen molar-refractivity contribution in [2.75, 3.05) is 26.2 Å². The lowest BCUT2D eigenvalue weighted by Crippen LogP contribution is -2.37. The molecule has 2 aliphatic rings. The fraction of sp³-hybridized carbons (Fsp3) is 0.600. The Balaban J connectivity index is 1.41. The van der Waals surface area contributed by atoms with Crippen molar-refractivity contribution in [1.29, 1.82) is 0 Å². The second kappa shape index (κ2) is 7.76. The van der Waals surface area contributed by atoms with E-state index in [1.54, 1.807) is 0 Å². The largest absolute Gasteiger partial charge is 0.373 e. The quantitative estimate of drug-likeness (QED) is 0.827. The normalized spacial score (nSPS) is 24.6. The average molecular weight is 355 g/mol. The van der Waals surface area contributed by atoms with E-state index in [4.69, 9.17) is 4.74 Å². The Kier molecular flexibility index (Phi) is 5.22. The number of hydrogen-bond acceptors (Lipinski definition) is 4. The Morgan fingerprint density at radius 2 is 2.23 bits per heavy atom. The summed E-state index contributed by atoms with van der Waals surface area (Å²) in [5.74, 6) is 0.546. The predicted octanol–water partition coefficient (Wildman–Crippen LogP) is 2.89. The van der Waals surface area contributed by atoms with Crippen LogP contribution in [0.3, 0.4) is 0 Å². The van der Waals surface area contributed by atoms with Crippen molar-refractivity contribution in [3.05, 3.63) is 42.0 Å². The van der Waals surface area contributed by atoms with Crippen LogP contribution in [-0.4, -0.2) is 50.7 Å². The van der Waals surface area contributed by atoms with Crippen molar-refractivity contribution in [3.8, 4) is 0 Å². The van der Waals surface area contributed by atoms with E-state index in [-0.39, 0.29) is 6.10 Å². The SMILES string of the molecule is CCn1cc([C@@H]2OCCC[C@H]2CN2CC=C(c3ccnn3C)CC2)cn1. The van der Waals surface area contributed by atoms with E-state index in [9.17, 15) is 0 Å². The van der Waals surface area contributed by atoms with E-state index >= 15 is 0 Å². The summed E-state index contributed by atoms with van der Waals surface area (Å²) < 4.78 is 10.1. The van der Waals surface area contributed by atoms with Gasteiger partial charge in [0.25, 0.3) is 0 Å². The predicted molar refractivity (Wildman–Crippen MR) is 102 cm³/mol. The first-order chi connectivity index (χ1) is 12.7. The molecule has 140 valence electrons. The van der Waals surface area contributed by atoms with Crippen molar-refractivity contribution in [1.82, 2.24) is 24.5 Å². The van der Waals surface area contributed by atoms with Crippen molar-refractivity contribution < 1.29 is 4.74 Å². The number of nitrogens with zero attached hydrogens (tertiary/aromatic N) is 5. The van der Waals surface area contributed by atoms with Crippen LogP contribution in [0, 0.1) is 5.92 Å². The van der Waals surface area contributed by atoms with Gasteiger partial charge in [-0.25, -0.2) is 0 Å². The van der Waals surface area contributed by atoms with Gasteiger partial charge in [0.1, 0.15) is 0 Å². The van der Waals surface area contributed by atoms with Gasteiger partial charge in [-0.2, -0.15) is 10.2 Å². The number of hydrogen-bond donors (Lipinski definition) is 0. The first-order valence-corrected chi connectivity index (χ1v) is 9.78. The molecule has 0 amide bonds. The highest BCUT2D eigenvalue weighted by Gasteiger charge is 2.30. The van der Waals surface area contributed by atoms with Crippen LogP contribution < -0.4 is 0 Å². The molecule has 26 heavy (non-hydrogen) atoms. The molecule has 2 aromatic heterocycles. The first kappa shape index (κ1) is 17.5. The number of aryl methyl sites for hydroxylation is 2. The number of aromatic nitrogens is 4. The van der Waals surface area contributed by atoms with Crippen LogP contribution in [0.4, 0.5) is 0 Å². The topological polar surface area (TPSA) is 48.1 Å². The van der Waals surface area contributed by atoms with E-state index in [0.717, 1.165) is 45.6 Å². The Morgan fingerprint density at radius 3 is 2.92 bits per heavy atom. The minimum absolute atomic E-state index is 0.187. The van der Waals surface area contributed by atoms with Gasteiger partial charge in [-0.3, -0.25) is 14.3 Å². The molecule has 2 atom stereocenters. The highest BCUT2D eigenvalue weighted by molar-refractivity contribution is 5.63. The van der Waals surface area contributed by atoms with Crippen molar-refractivity contribution in [2.24, 2.45) is 13.0 Å². The summed E-state index contributed by atoms with van der Waals surface area (Å²) in [6.45, 7) is 7.10. The van der Waals surface area contributed by atoms with Gasteiger partial charge >= 0.3 is 0 Å². The molecule has 0 saturated carbocycles. The van der Waals surface area contributed by atoms with Gasteiger partial charge in [-0.1, -0.05) is 6.08 Å². The monoisotopic (exact) mass is 355 g/mol. The third-order valence-electron chi connectivity index (χ3n) is 5.69. The van der Waals surface area contributed by atoms with Crippen LogP contribution in [0.25, 0.3) is 5.57 Å². The molecule has 0 aromatic carbocycles. The second-order valence-corrected chi connectivity index (χ2v) is 7.40. The van der Waals surface area contributed by atoms with Crippen LogP contribution in [0.15, 0.2) is 30.7 Å². The summed E-state index contributed by atoms with van der Waals surface area (Å²) in [5, 5.41) is 8.74. The lowest BCUT2D eigenvalue weighted by Gasteiger charge is -2.36. The van der Waals surface area contributed by atoms with Gasteiger partial charge in [-0.15, -0.1) is 0 Å². The van der Waals surface area contributed by atoms with Crippen molar-refractivity contribution in [2.45, 2.75) is 38.8 Å². The zero-order valence-electron chi connectivity index (χ0n) is 15.8. The molecule has 0 aliphatic carbocycles. The molecule has 1 saturated heterocycles. The van der Waals surface area contributed by atoms with Gasteiger partial charge in [-0.05, 0) is 37.8 Å². The van der Waals surface area contributed by atoms with Crippen LogP contribution in [0.1, 0.15) is 43.5 Å². The van der Waals surface area contributed by atoms with Gasteiger partial charge < -0.3 is 4.74 Å². The molecule has 4 heterocycles. The van der Waals surface area contributed by atoms with Crippen LogP contribution in [0.5, 0.6) is 0 Å². The standard InChI is InChI=1S/C20H29N5O/c1-3-25-15-18(13-22-25)20-17(5-4-12-26-20)14-24-10-7-16(8-11-24)19-6-9-21-23(19)2/h6-7,9,13,15,17,20H,3-5,8,10-12,14H2,1-2H3/t17-,20+/m0/s1. The van der Waals surface area contributed by atoms with E-state index in [2.05, 4.69) is 40.4 Å². The summed E-state index contributed by atoms with van der Waals surface area (Å²) in [7, 11) is 2.02. The fourth-order valence-corrected chi connectivity index (χ4v) is 4.23. The molecule has 0 spiro atoms. The molecule has 0 radical (unpaired) electrons. The molecule has 4 rings (SSSR count). The summed E-state index contributed by atoms with van der Waals surface area (Å²) in [6, 6.07) is 2.11. The van der Waals surface area contributed by atoms with E-state index in [1.165, 1.54) is 23.3 Å². The average Bonchev–Trinajstić information content (AvgIpc) is 3.32. The first-order valence-electron chi connectivity index (χ1n) is 9.78. The fourth-order valence-electron chi connectivity index (χ4n) is 4.23. The minimum Gasteiger partial charge on any atom is -0.373 e. The highest BCUT2D eigenvalue weighted by atomic mass is 16.5. The summed E-state index contributed by atoms with van der Waals surface area (Å²) in [4.78, 5) is 2.57. The van der Waals surface area contributed by atoms with E-state index < -0.39 is 0 Å². The summed E-state index contributed by atoms with van der Waals surface area (Å²) in [5.41, 5.74) is 3.90. The molecule has 0 unspecified atom stereocenters. The number of ether oxygens (including phenoxy) is 1. The van der Waals surface area contributed by atoms with Crippen molar-refractivity contribution >= 4 is 5.57 Å². The molecule has 6 nitrogen and oxygen atoms in total. The maximum atomic E-state index is 6.16. The summed E-state index contributed by atoms with van der Waals surface area (Å²) in [6.07, 6.45) is 12.1. The zero-order valence-corrected chi connectivity index (χ0v) is 15.8. The van der Waals surface area contributed by atoms with Gasteiger partial charge in [0.15, 0.2) is 0 Å². The third-order valence-corrected chi connectivity index (χ3v) is 5.69. The van der Waals surface area contributed by atoms with E-state index in [0.29, 0.717) is 5.92 Å². The molecule has 6 heteroatoms. The van der Waals surface area contributed by atoms with Crippen molar-refractivity contribution in [3.63, 3.8) is 0 Å². The number of rotatable bonds is 5. The Hall–Kier alpha value is -1.92. The van der Waals surface area contributed by atoms with Crippen LogP contribution >= 0.6 is 0 Å². The lowest BCUT2D eigenvalue weighted by atomic mass is 9.90. The van der Waals surface area contributed by atoms with Crippen LogP contribution in [-0.2, 0) is 18.3 Å². The molecule has 2 aromatic rings. The highest BCUT2D eigenvalue weighted by Crippen LogP contribution is 2.34. The Morgan fingerprint density at radius 1 is 1.31 bits per heavy atom. The zero-order chi connectivity index (χ0) is 17.9. The van der Waals surface area contributed by atoms with Crippen LogP contribution in [0.2, 0.25) is 0 Å². The second-order valence-electron chi connectivity index (χ2n) is 7.40. The third kappa shape index (κ3) is 3.62. The smallest absolute Gasteiger partial charge is 0.0895 e. The maximum absolute atomic E-state index is 6.16. The molecule has 0 N–H and O–H groups in total. The maximum Gasteiger partial charge on any atom is 0.0895 e. The van der Waals surface area contributed by atoms with E-state index in [1.807, 2.05) is 28.8 Å². The van der Waals surface area contributed by atoms with Gasteiger partial charge in [0.2, 0.25) is 0 Å². The molecular formula is C20H29N5O. The Bertz CT molecular complexity index is 762. The Labute approximate surface area is 155 Å². The van der Waals surface area contributed by atoms with Gasteiger partial charge in [0.05, 0.1) is 18.0 Å². The molecule has 0 bridgehead atoms. The minimum atomic E-state index is 0.187. The molecular weight excluding hydrogens is 326 g/mol. The van der Waals surface area contributed by atoms with Gasteiger partial charge in [0, 0.05) is 63.7 Å². The molecule has 2 aliphatic heterocycles. The summed E-state index contributed by atoms with van der Waals surface area (Å²) >= 11 is 0. The molecule has 1 fully saturated rings.